The first-order chi connectivity index (χ1) is 16.8. The first-order valence-corrected chi connectivity index (χ1v) is 11.7. The molecule has 0 saturated heterocycles. The van der Waals surface area contributed by atoms with Gasteiger partial charge in [0.2, 0.25) is 0 Å². The maximum Gasteiger partial charge on any atom is 0.319 e. The van der Waals surface area contributed by atoms with Crippen LogP contribution in [0.4, 0.5) is 10.5 Å². The molecule has 9 nitrogen and oxygen atoms in total. The summed E-state index contributed by atoms with van der Waals surface area (Å²) in [6.07, 6.45) is 0. The number of nitrogens with one attached hydrogen (secondary N) is 2. The van der Waals surface area contributed by atoms with Crippen molar-refractivity contribution in [1.82, 2.24) is 20.1 Å². The molecule has 4 aromatic rings. The van der Waals surface area contributed by atoms with E-state index >= 15 is 0 Å². The molecule has 0 aliphatic heterocycles. The number of nitrogens with zero attached hydrogens (tertiary/aromatic N) is 3. The van der Waals surface area contributed by atoms with Gasteiger partial charge in [-0.15, -0.1) is 21.5 Å². The Labute approximate surface area is 213 Å². The number of amides is 2. The molecule has 0 unspecified atom stereocenters. The van der Waals surface area contributed by atoms with Crippen LogP contribution < -0.4 is 15.7 Å². The number of hydrogen-bond donors (Lipinski definition) is 2. The Balaban J connectivity index is 1.66. The van der Waals surface area contributed by atoms with Crippen LogP contribution in [0.25, 0.3) is 5.00 Å². The van der Waals surface area contributed by atoms with Gasteiger partial charge < -0.3 is 20.5 Å². The predicted octanol–water partition coefficient (Wildman–Crippen LogP) is 3.86. The molecular weight excluding hydrogens is 513 g/mol. The number of carboxylic acid groups (broad SMARTS) is 1. The van der Waals surface area contributed by atoms with Crippen molar-refractivity contribution in [3.05, 3.63) is 92.3 Å². The molecule has 2 aromatic carbocycles. The van der Waals surface area contributed by atoms with E-state index in [2.05, 4.69) is 20.8 Å². The standard InChI is InChI=1S/C23H17Cl2N5O4S/c1-12-28-29-19(11-26-23(34)27-17-9-5-4-8-16(17)25)30(12)21-14(10-18(35-21)22(32)33)20(31)13-6-2-3-7-15(13)24/h2-10H,11H2,1H3,(H,32,33)(H2,26,27,34)/p-1. The van der Waals surface area contributed by atoms with Crippen LogP contribution in [0, 0.1) is 6.92 Å². The SMILES string of the molecule is Cc1nnc(CNC(=O)Nc2ccccc2Cl)n1-c1sc(C(=O)[O-])cc1C(=O)c1ccccc1Cl. The fourth-order valence-corrected chi connectivity index (χ4v) is 4.74. The summed E-state index contributed by atoms with van der Waals surface area (Å²) in [6, 6.07) is 13.9. The molecule has 0 aliphatic rings. The van der Waals surface area contributed by atoms with Gasteiger partial charge in [-0.25, -0.2) is 4.79 Å². The summed E-state index contributed by atoms with van der Waals surface area (Å²) in [5.41, 5.74) is 0.725. The second-order valence-electron chi connectivity index (χ2n) is 7.21. The summed E-state index contributed by atoms with van der Waals surface area (Å²) in [4.78, 5) is 37.1. The third kappa shape index (κ3) is 5.19. The summed E-state index contributed by atoms with van der Waals surface area (Å²) in [5.74, 6) is -1.25. The third-order valence-corrected chi connectivity index (χ3v) is 6.66. The molecule has 2 heterocycles. The van der Waals surface area contributed by atoms with Gasteiger partial charge >= 0.3 is 6.03 Å². The summed E-state index contributed by atoms with van der Waals surface area (Å²) in [7, 11) is 0. The Hall–Kier alpha value is -3.73. The number of anilines is 1. The van der Waals surface area contributed by atoms with E-state index in [1.54, 1.807) is 55.5 Å². The minimum absolute atomic E-state index is 0.0740. The Kier molecular flexibility index (Phi) is 7.15. The van der Waals surface area contributed by atoms with E-state index in [1.165, 1.54) is 10.6 Å². The predicted molar refractivity (Wildman–Crippen MR) is 130 cm³/mol. The molecule has 0 radical (unpaired) electrons. The first-order valence-electron chi connectivity index (χ1n) is 10.1. The molecule has 0 aliphatic carbocycles. The molecule has 0 bridgehead atoms. The van der Waals surface area contributed by atoms with Crippen molar-refractivity contribution in [1.29, 1.82) is 0 Å². The van der Waals surface area contributed by atoms with E-state index in [1.807, 2.05) is 0 Å². The number of carbonyl (C=O) groups excluding carboxylic acids is 3. The molecule has 35 heavy (non-hydrogen) atoms. The fourth-order valence-electron chi connectivity index (χ4n) is 3.27. The van der Waals surface area contributed by atoms with Crippen LogP contribution in [-0.4, -0.2) is 32.5 Å². The molecule has 2 N–H and O–H groups in total. The molecule has 0 atom stereocenters. The number of aryl methyl sites for hydroxylation is 1. The summed E-state index contributed by atoms with van der Waals surface area (Å²) in [5, 5.41) is 25.9. The van der Waals surface area contributed by atoms with Gasteiger partial charge in [-0.3, -0.25) is 9.36 Å². The zero-order valence-electron chi connectivity index (χ0n) is 18.0. The Morgan fingerprint density at radius 3 is 2.37 bits per heavy atom. The first kappa shape index (κ1) is 24.4. The van der Waals surface area contributed by atoms with Crippen molar-refractivity contribution in [2.75, 3.05) is 5.32 Å². The van der Waals surface area contributed by atoms with Crippen molar-refractivity contribution in [2.24, 2.45) is 0 Å². The zero-order chi connectivity index (χ0) is 25.1. The minimum atomic E-state index is -1.43. The van der Waals surface area contributed by atoms with Gasteiger partial charge in [-0.1, -0.05) is 47.5 Å². The van der Waals surface area contributed by atoms with Gasteiger partial charge in [0.25, 0.3) is 0 Å². The molecule has 0 spiro atoms. The fraction of sp³-hybridized carbons (Fsp3) is 0.0870. The van der Waals surface area contributed by atoms with E-state index in [9.17, 15) is 19.5 Å². The number of benzene rings is 2. The number of hydrogen-bond acceptors (Lipinski definition) is 7. The average molecular weight is 529 g/mol. The second kappa shape index (κ2) is 10.3. The van der Waals surface area contributed by atoms with Crippen LogP contribution in [0.1, 0.15) is 37.2 Å². The monoisotopic (exact) mass is 528 g/mol. The normalized spacial score (nSPS) is 10.7. The maximum absolute atomic E-state index is 13.3. The molecule has 4 rings (SSSR count). The van der Waals surface area contributed by atoms with Crippen LogP contribution >= 0.6 is 34.5 Å². The van der Waals surface area contributed by atoms with Crippen LogP contribution in [0.5, 0.6) is 0 Å². The van der Waals surface area contributed by atoms with Crippen LogP contribution in [-0.2, 0) is 6.54 Å². The molecule has 2 amide bonds. The molecular formula is C23H16Cl2N5O4S-. The van der Waals surface area contributed by atoms with Gasteiger partial charge in [0.1, 0.15) is 10.8 Å². The van der Waals surface area contributed by atoms with Gasteiger partial charge in [0.05, 0.1) is 38.7 Å². The number of rotatable bonds is 7. The van der Waals surface area contributed by atoms with Gasteiger partial charge in [-0.05, 0) is 37.3 Å². The molecule has 2 aromatic heterocycles. The highest BCUT2D eigenvalue weighted by molar-refractivity contribution is 7.16. The topological polar surface area (TPSA) is 129 Å². The smallest absolute Gasteiger partial charge is 0.319 e. The number of urea groups is 1. The zero-order valence-corrected chi connectivity index (χ0v) is 20.4. The number of thiophene rings is 1. The lowest BCUT2D eigenvalue weighted by Crippen LogP contribution is -2.29. The third-order valence-electron chi connectivity index (χ3n) is 4.90. The highest BCUT2D eigenvalue weighted by Crippen LogP contribution is 2.31. The quantitative estimate of drug-likeness (QED) is 0.350. The van der Waals surface area contributed by atoms with Crippen molar-refractivity contribution in [2.45, 2.75) is 13.5 Å². The minimum Gasteiger partial charge on any atom is -0.544 e. The van der Waals surface area contributed by atoms with Crippen molar-refractivity contribution >= 4 is 58.0 Å². The van der Waals surface area contributed by atoms with Crippen LogP contribution in [0.15, 0.2) is 54.6 Å². The lowest BCUT2D eigenvalue weighted by molar-refractivity contribution is -0.254. The van der Waals surface area contributed by atoms with Crippen LogP contribution in [0.2, 0.25) is 10.0 Å². The second-order valence-corrected chi connectivity index (χ2v) is 9.06. The Morgan fingerprint density at radius 1 is 1.00 bits per heavy atom. The number of carboxylic acids is 1. The number of aromatic carboxylic acids is 1. The van der Waals surface area contributed by atoms with Crippen LogP contribution in [0.3, 0.4) is 0 Å². The van der Waals surface area contributed by atoms with Crippen molar-refractivity contribution in [3.8, 4) is 5.00 Å². The maximum atomic E-state index is 13.3. The Morgan fingerprint density at radius 2 is 1.69 bits per heavy atom. The Bertz CT molecular complexity index is 1450. The number of para-hydroxylation sites is 1. The number of ketones is 1. The van der Waals surface area contributed by atoms with Crippen molar-refractivity contribution in [3.63, 3.8) is 0 Å². The van der Waals surface area contributed by atoms with E-state index in [4.69, 9.17) is 23.2 Å². The summed E-state index contributed by atoms with van der Waals surface area (Å²) < 4.78 is 1.51. The van der Waals surface area contributed by atoms with Crippen molar-refractivity contribution < 1.29 is 19.5 Å². The average Bonchev–Trinajstić information content (AvgIpc) is 3.42. The molecule has 0 fully saturated rings. The van der Waals surface area contributed by atoms with E-state index in [0.717, 1.165) is 11.3 Å². The highest BCUT2D eigenvalue weighted by atomic mass is 35.5. The molecule has 178 valence electrons. The summed E-state index contributed by atoms with van der Waals surface area (Å²) >= 11 is 13.1. The largest absolute Gasteiger partial charge is 0.544 e. The summed E-state index contributed by atoms with van der Waals surface area (Å²) in [6.45, 7) is 1.57. The number of halogens is 2. The number of carbonyl (C=O) groups is 3. The van der Waals surface area contributed by atoms with Gasteiger partial charge in [-0.2, -0.15) is 0 Å². The van der Waals surface area contributed by atoms with E-state index in [0.29, 0.717) is 16.5 Å². The van der Waals surface area contributed by atoms with E-state index < -0.39 is 17.8 Å². The van der Waals surface area contributed by atoms with E-state index in [-0.39, 0.29) is 38.4 Å². The lowest BCUT2D eigenvalue weighted by atomic mass is 10.0. The van der Waals surface area contributed by atoms with Gasteiger partial charge in [0, 0.05) is 5.56 Å². The van der Waals surface area contributed by atoms with Gasteiger partial charge in [0.15, 0.2) is 11.6 Å². The molecule has 12 heteroatoms. The lowest BCUT2D eigenvalue weighted by Gasteiger charge is -2.11. The highest BCUT2D eigenvalue weighted by Gasteiger charge is 2.24. The molecule has 0 saturated carbocycles. The number of aromatic nitrogens is 3.